The quantitative estimate of drug-likeness (QED) is 0.899. The minimum absolute atomic E-state index is 0.0414. The number of carbonyl (C=O) groups is 1. The Morgan fingerprint density at radius 1 is 1.17 bits per heavy atom. The minimum atomic E-state index is -0.154. The fraction of sp³-hybridized carbons (Fsp3) is 0.588. The summed E-state index contributed by atoms with van der Waals surface area (Å²) in [4.78, 5) is 18.2. The molecule has 5 nitrogen and oxygen atoms in total. The van der Waals surface area contributed by atoms with Gasteiger partial charge in [0.2, 0.25) is 5.91 Å². The lowest BCUT2D eigenvalue weighted by atomic mass is 10.0. The number of piperidine rings is 1. The van der Waals surface area contributed by atoms with Crippen LogP contribution >= 0.6 is 0 Å². The maximum atomic E-state index is 13.9. The lowest BCUT2D eigenvalue weighted by molar-refractivity contribution is -0.131. The minimum Gasteiger partial charge on any atom is -0.367 e. The van der Waals surface area contributed by atoms with Crippen molar-refractivity contribution in [2.24, 2.45) is 5.73 Å². The predicted octanol–water partition coefficient (Wildman–Crippen LogP) is 0.897. The number of para-hydroxylation sites is 1. The number of hydrogen-bond donors (Lipinski definition) is 1. The Bertz CT molecular complexity index is 545. The molecular formula is C17H25FN4O. The van der Waals surface area contributed by atoms with Crippen LogP contribution in [0.25, 0.3) is 0 Å². The normalized spacial score (nSPS) is 23.1. The number of benzene rings is 1. The monoisotopic (exact) mass is 320 g/mol. The van der Waals surface area contributed by atoms with Crippen LogP contribution in [0.1, 0.15) is 12.8 Å². The van der Waals surface area contributed by atoms with Crippen molar-refractivity contribution in [2.75, 3.05) is 50.7 Å². The Morgan fingerprint density at radius 3 is 2.61 bits per heavy atom. The molecule has 1 amide bonds. The molecule has 6 heteroatoms. The average molecular weight is 320 g/mol. The van der Waals surface area contributed by atoms with Gasteiger partial charge in [0.15, 0.2) is 0 Å². The van der Waals surface area contributed by atoms with Crippen molar-refractivity contribution in [3.05, 3.63) is 30.1 Å². The number of anilines is 1. The van der Waals surface area contributed by atoms with E-state index in [2.05, 4.69) is 9.80 Å². The van der Waals surface area contributed by atoms with Gasteiger partial charge < -0.3 is 15.5 Å². The number of carbonyl (C=O) groups excluding carboxylic acids is 1. The van der Waals surface area contributed by atoms with E-state index in [1.165, 1.54) is 6.07 Å². The highest BCUT2D eigenvalue weighted by molar-refractivity contribution is 5.78. The van der Waals surface area contributed by atoms with Gasteiger partial charge >= 0.3 is 0 Å². The molecule has 1 atom stereocenters. The number of nitrogens with zero attached hydrogens (tertiary/aromatic N) is 3. The van der Waals surface area contributed by atoms with Crippen LogP contribution in [0.3, 0.4) is 0 Å². The van der Waals surface area contributed by atoms with Crippen LogP contribution in [0.2, 0.25) is 0 Å². The molecule has 2 heterocycles. The first-order valence-corrected chi connectivity index (χ1v) is 8.40. The topological polar surface area (TPSA) is 52.8 Å². The third-order valence-electron chi connectivity index (χ3n) is 4.95. The Morgan fingerprint density at radius 2 is 1.91 bits per heavy atom. The first kappa shape index (κ1) is 16.2. The molecule has 0 radical (unpaired) electrons. The molecule has 126 valence electrons. The summed E-state index contributed by atoms with van der Waals surface area (Å²) in [5.74, 6) is -0.113. The maximum Gasteiger partial charge on any atom is 0.236 e. The van der Waals surface area contributed by atoms with E-state index in [4.69, 9.17) is 5.73 Å². The molecule has 3 rings (SSSR count). The summed E-state index contributed by atoms with van der Waals surface area (Å²) in [6, 6.07) is 7.36. The van der Waals surface area contributed by atoms with Crippen LogP contribution in [0, 0.1) is 5.82 Å². The fourth-order valence-electron chi connectivity index (χ4n) is 3.64. The van der Waals surface area contributed by atoms with Crippen molar-refractivity contribution in [2.45, 2.75) is 18.9 Å². The zero-order valence-corrected chi connectivity index (χ0v) is 13.5. The van der Waals surface area contributed by atoms with Crippen molar-refractivity contribution in [3.8, 4) is 0 Å². The zero-order chi connectivity index (χ0) is 16.2. The van der Waals surface area contributed by atoms with Crippen LogP contribution in [-0.4, -0.2) is 67.6 Å². The van der Waals surface area contributed by atoms with E-state index in [9.17, 15) is 9.18 Å². The van der Waals surface area contributed by atoms with Crippen LogP contribution < -0.4 is 10.6 Å². The zero-order valence-electron chi connectivity index (χ0n) is 13.5. The summed E-state index contributed by atoms with van der Waals surface area (Å²) in [6.07, 6.45) is 2.15. The van der Waals surface area contributed by atoms with Crippen LogP contribution in [0.15, 0.2) is 24.3 Å². The number of hydrogen-bond acceptors (Lipinski definition) is 4. The Labute approximate surface area is 136 Å². The van der Waals surface area contributed by atoms with E-state index < -0.39 is 0 Å². The van der Waals surface area contributed by atoms with Gasteiger partial charge in [0.05, 0.1) is 12.2 Å². The Balaban J connectivity index is 1.56. The smallest absolute Gasteiger partial charge is 0.236 e. The van der Waals surface area contributed by atoms with Crippen molar-refractivity contribution >= 4 is 11.6 Å². The van der Waals surface area contributed by atoms with Crippen LogP contribution in [0.4, 0.5) is 10.1 Å². The second-order valence-electron chi connectivity index (χ2n) is 6.31. The molecule has 1 aromatic carbocycles. The molecule has 2 N–H and O–H groups in total. The molecule has 0 spiro atoms. The summed E-state index contributed by atoms with van der Waals surface area (Å²) in [7, 11) is 0. The summed E-state index contributed by atoms with van der Waals surface area (Å²) < 4.78 is 13.9. The van der Waals surface area contributed by atoms with Crippen molar-refractivity contribution < 1.29 is 9.18 Å². The van der Waals surface area contributed by atoms with Crippen LogP contribution in [0.5, 0.6) is 0 Å². The van der Waals surface area contributed by atoms with Gasteiger partial charge in [-0.1, -0.05) is 12.1 Å². The number of amides is 1. The summed E-state index contributed by atoms with van der Waals surface area (Å²) in [5.41, 5.74) is 6.17. The SMILES string of the molecule is NCC(=O)N1CCC[C@H](N2CCN(c3ccccc3F)CC2)C1. The summed E-state index contributed by atoms with van der Waals surface area (Å²) >= 11 is 0. The number of nitrogens with two attached hydrogens (primary N) is 1. The lowest BCUT2D eigenvalue weighted by Gasteiger charge is -2.44. The highest BCUT2D eigenvalue weighted by Crippen LogP contribution is 2.23. The van der Waals surface area contributed by atoms with Gasteiger partial charge in [-0.2, -0.15) is 0 Å². The van der Waals surface area contributed by atoms with Crippen molar-refractivity contribution in [3.63, 3.8) is 0 Å². The third-order valence-corrected chi connectivity index (χ3v) is 4.95. The van der Waals surface area contributed by atoms with E-state index in [0.29, 0.717) is 11.7 Å². The number of halogens is 1. The first-order chi connectivity index (χ1) is 11.2. The molecular weight excluding hydrogens is 295 g/mol. The van der Waals surface area contributed by atoms with Crippen molar-refractivity contribution in [1.29, 1.82) is 0 Å². The second-order valence-corrected chi connectivity index (χ2v) is 6.31. The maximum absolute atomic E-state index is 13.9. The molecule has 0 unspecified atom stereocenters. The second kappa shape index (κ2) is 7.27. The number of piperazine rings is 1. The van der Waals surface area contributed by atoms with Gasteiger partial charge in [-0.15, -0.1) is 0 Å². The van der Waals surface area contributed by atoms with E-state index in [0.717, 1.165) is 52.1 Å². The Kier molecular flexibility index (Phi) is 5.13. The van der Waals surface area contributed by atoms with Gasteiger partial charge in [-0.05, 0) is 25.0 Å². The van der Waals surface area contributed by atoms with E-state index in [-0.39, 0.29) is 18.3 Å². The van der Waals surface area contributed by atoms with Gasteiger partial charge in [-0.25, -0.2) is 4.39 Å². The molecule has 2 saturated heterocycles. The molecule has 2 aliphatic heterocycles. The van der Waals surface area contributed by atoms with Crippen LogP contribution in [-0.2, 0) is 4.79 Å². The number of likely N-dealkylation sites (tertiary alicyclic amines) is 1. The standard InChI is InChI=1S/C17H25FN4O/c18-15-5-1-2-6-16(15)21-10-8-20(9-11-21)14-4-3-7-22(13-14)17(23)12-19/h1-2,5-6,14H,3-4,7-13,19H2/t14-/m0/s1. The first-order valence-electron chi connectivity index (χ1n) is 8.40. The summed E-state index contributed by atoms with van der Waals surface area (Å²) in [5, 5.41) is 0. The van der Waals surface area contributed by atoms with Gasteiger partial charge in [-0.3, -0.25) is 9.69 Å². The highest BCUT2D eigenvalue weighted by Gasteiger charge is 2.29. The molecule has 0 aromatic heterocycles. The fourth-order valence-corrected chi connectivity index (χ4v) is 3.64. The van der Waals surface area contributed by atoms with Gasteiger partial charge in [0.1, 0.15) is 5.82 Å². The largest absolute Gasteiger partial charge is 0.367 e. The van der Waals surface area contributed by atoms with E-state index in [1.54, 1.807) is 6.07 Å². The van der Waals surface area contributed by atoms with Gasteiger partial charge in [0.25, 0.3) is 0 Å². The lowest BCUT2D eigenvalue weighted by Crippen LogP contribution is -2.56. The molecule has 0 bridgehead atoms. The highest BCUT2D eigenvalue weighted by atomic mass is 19.1. The van der Waals surface area contributed by atoms with E-state index >= 15 is 0 Å². The van der Waals surface area contributed by atoms with E-state index in [1.807, 2.05) is 17.0 Å². The number of rotatable bonds is 3. The Hall–Kier alpha value is -1.66. The van der Waals surface area contributed by atoms with Gasteiger partial charge in [0, 0.05) is 45.3 Å². The summed E-state index contributed by atoms with van der Waals surface area (Å²) in [6.45, 7) is 5.14. The molecule has 0 saturated carbocycles. The molecule has 23 heavy (non-hydrogen) atoms. The molecule has 2 fully saturated rings. The third kappa shape index (κ3) is 3.64. The molecule has 2 aliphatic rings. The molecule has 1 aromatic rings. The van der Waals surface area contributed by atoms with Crippen molar-refractivity contribution in [1.82, 2.24) is 9.80 Å². The predicted molar refractivity (Wildman–Crippen MR) is 88.8 cm³/mol. The average Bonchev–Trinajstić information content (AvgIpc) is 2.62. The molecule has 0 aliphatic carbocycles.